The summed E-state index contributed by atoms with van der Waals surface area (Å²) in [6.45, 7) is 3.63. The van der Waals surface area contributed by atoms with Gasteiger partial charge in [-0.1, -0.05) is 6.92 Å². The molecule has 7 heteroatoms. The molecule has 1 heterocycles. The second-order valence-electron chi connectivity index (χ2n) is 6.41. The number of aromatic nitrogens is 1. The molecule has 1 aromatic heterocycles. The number of carbonyl (C=O) groups excluding carboxylic acids is 1. The first-order chi connectivity index (χ1) is 13.9. The van der Waals surface area contributed by atoms with Crippen molar-refractivity contribution in [1.29, 1.82) is 0 Å². The van der Waals surface area contributed by atoms with Gasteiger partial charge < -0.3 is 15.4 Å². The Hall–Kier alpha value is -3.48. The first kappa shape index (κ1) is 20.3. The first-order valence-electron chi connectivity index (χ1n) is 9.09. The van der Waals surface area contributed by atoms with Crippen LogP contribution in [0.25, 0.3) is 0 Å². The van der Waals surface area contributed by atoms with E-state index in [1.807, 2.05) is 6.92 Å². The molecule has 0 saturated carbocycles. The van der Waals surface area contributed by atoms with E-state index in [2.05, 4.69) is 15.6 Å². The number of anilines is 3. The molecule has 0 aliphatic carbocycles. The molecule has 0 atom stereocenters. The average Bonchev–Trinajstić information content (AvgIpc) is 2.71. The van der Waals surface area contributed by atoms with Crippen LogP contribution in [0, 0.1) is 18.6 Å². The Kier molecular flexibility index (Phi) is 6.07. The molecule has 0 radical (unpaired) electrons. The number of amides is 1. The quantitative estimate of drug-likeness (QED) is 0.597. The van der Waals surface area contributed by atoms with Crippen LogP contribution < -0.4 is 15.4 Å². The number of pyridine rings is 1. The maximum Gasteiger partial charge on any atom is 0.257 e. The van der Waals surface area contributed by atoms with Crippen LogP contribution in [0.15, 0.2) is 48.5 Å². The number of benzene rings is 2. The fourth-order valence-corrected chi connectivity index (χ4v) is 2.91. The second kappa shape index (κ2) is 8.68. The molecule has 0 bridgehead atoms. The Morgan fingerprint density at radius 1 is 1.00 bits per heavy atom. The molecule has 0 saturated heterocycles. The Bertz CT molecular complexity index is 1050. The summed E-state index contributed by atoms with van der Waals surface area (Å²) in [6, 6.07) is 11.5. The lowest BCUT2D eigenvalue weighted by atomic mass is 10.1. The number of aryl methyl sites for hydroxylation is 2. The van der Waals surface area contributed by atoms with Gasteiger partial charge in [0.15, 0.2) is 0 Å². The van der Waals surface area contributed by atoms with Gasteiger partial charge in [-0.3, -0.25) is 4.79 Å². The maximum atomic E-state index is 13.9. The second-order valence-corrected chi connectivity index (χ2v) is 6.41. The van der Waals surface area contributed by atoms with Crippen LogP contribution in [0.4, 0.5) is 25.8 Å². The van der Waals surface area contributed by atoms with E-state index >= 15 is 0 Å². The molecule has 0 fully saturated rings. The van der Waals surface area contributed by atoms with Gasteiger partial charge in [-0.2, -0.15) is 0 Å². The highest BCUT2D eigenvalue weighted by Crippen LogP contribution is 2.27. The van der Waals surface area contributed by atoms with Crippen molar-refractivity contribution < 1.29 is 18.3 Å². The molecule has 29 heavy (non-hydrogen) atoms. The van der Waals surface area contributed by atoms with Crippen molar-refractivity contribution in [1.82, 2.24) is 4.98 Å². The third-order valence-corrected chi connectivity index (χ3v) is 4.46. The van der Waals surface area contributed by atoms with Crippen molar-refractivity contribution in [3.63, 3.8) is 0 Å². The largest absolute Gasteiger partial charge is 0.481 e. The number of nitrogens with one attached hydrogen (secondary N) is 2. The van der Waals surface area contributed by atoms with Crippen LogP contribution in [-0.4, -0.2) is 18.0 Å². The molecule has 3 rings (SSSR count). The van der Waals surface area contributed by atoms with Gasteiger partial charge in [-0.05, 0) is 61.4 Å². The van der Waals surface area contributed by atoms with Gasteiger partial charge in [0.2, 0.25) is 5.88 Å². The Morgan fingerprint density at radius 3 is 2.31 bits per heavy atom. The molecular weight excluding hydrogens is 376 g/mol. The van der Waals surface area contributed by atoms with Gasteiger partial charge in [0.05, 0.1) is 29.7 Å². The van der Waals surface area contributed by atoms with Gasteiger partial charge >= 0.3 is 0 Å². The third kappa shape index (κ3) is 4.68. The van der Waals surface area contributed by atoms with E-state index < -0.39 is 11.7 Å². The number of hydrogen-bond acceptors (Lipinski definition) is 4. The summed E-state index contributed by atoms with van der Waals surface area (Å²) in [4.78, 5) is 17.1. The van der Waals surface area contributed by atoms with Crippen LogP contribution >= 0.6 is 0 Å². The smallest absolute Gasteiger partial charge is 0.257 e. The molecule has 0 aliphatic rings. The monoisotopic (exact) mass is 397 g/mol. The average molecular weight is 397 g/mol. The van der Waals surface area contributed by atoms with Crippen molar-refractivity contribution >= 4 is 23.0 Å². The van der Waals surface area contributed by atoms with Crippen LogP contribution in [-0.2, 0) is 6.42 Å². The molecule has 5 nitrogen and oxygen atoms in total. The zero-order valence-electron chi connectivity index (χ0n) is 16.3. The van der Waals surface area contributed by atoms with Gasteiger partial charge in [0, 0.05) is 11.8 Å². The minimum absolute atomic E-state index is 0.117. The molecule has 0 unspecified atom stereocenters. The molecule has 0 spiro atoms. The standard InChI is InChI=1S/C22H21F2N3O2/c1-4-14-11-15(23)5-7-19(14)26-20-8-6-16(24)12-17(20)22(28)27-18-9-10-21(29-3)25-13(18)2/h5-12,26H,4H2,1-3H3,(H,27,28). The molecule has 2 N–H and O–H groups in total. The lowest BCUT2D eigenvalue weighted by Crippen LogP contribution is -2.15. The number of rotatable bonds is 6. The molecular formula is C22H21F2N3O2. The van der Waals surface area contributed by atoms with Crippen LogP contribution in [0.5, 0.6) is 5.88 Å². The van der Waals surface area contributed by atoms with Gasteiger partial charge in [0.25, 0.3) is 5.91 Å². The minimum atomic E-state index is -0.542. The normalized spacial score (nSPS) is 10.5. The van der Waals surface area contributed by atoms with E-state index in [9.17, 15) is 13.6 Å². The summed E-state index contributed by atoms with van der Waals surface area (Å²) in [5.41, 5.74) is 2.97. The van der Waals surface area contributed by atoms with Crippen molar-refractivity contribution in [3.05, 3.63) is 77.0 Å². The van der Waals surface area contributed by atoms with E-state index in [-0.39, 0.29) is 11.4 Å². The summed E-state index contributed by atoms with van der Waals surface area (Å²) >= 11 is 0. The summed E-state index contributed by atoms with van der Waals surface area (Å²) in [6.07, 6.45) is 0.597. The number of methoxy groups -OCH3 is 1. The SMILES string of the molecule is CCc1cc(F)ccc1Nc1ccc(F)cc1C(=O)Nc1ccc(OC)nc1C. The maximum absolute atomic E-state index is 13.9. The number of halogens is 2. The highest BCUT2D eigenvalue weighted by molar-refractivity contribution is 6.08. The fourth-order valence-electron chi connectivity index (χ4n) is 2.91. The lowest BCUT2D eigenvalue weighted by Gasteiger charge is -2.16. The Labute approximate surface area is 167 Å². The predicted molar refractivity (Wildman–Crippen MR) is 109 cm³/mol. The van der Waals surface area contributed by atoms with Gasteiger partial charge in [-0.15, -0.1) is 0 Å². The minimum Gasteiger partial charge on any atom is -0.481 e. The fraction of sp³-hybridized carbons (Fsp3) is 0.182. The number of ether oxygens (including phenoxy) is 1. The van der Waals surface area contributed by atoms with Crippen LogP contribution in [0.1, 0.15) is 28.5 Å². The number of hydrogen-bond donors (Lipinski definition) is 2. The number of nitrogens with zero attached hydrogens (tertiary/aromatic N) is 1. The molecule has 2 aromatic carbocycles. The van der Waals surface area contributed by atoms with Gasteiger partial charge in [-0.25, -0.2) is 13.8 Å². The Morgan fingerprint density at radius 2 is 1.66 bits per heavy atom. The van der Waals surface area contributed by atoms with E-state index in [1.54, 1.807) is 25.1 Å². The summed E-state index contributed by atoms with van der Waals surface area (Å²) in [5, 5.41) is 5.86. The van der Waals surface area contributed by atoms with Crippen molar-refractivity contribution in [2.24, 2.45) is 0 Å². The van der Waals surface area contributed by atoms with E-state index in [0.717, 1.165) is 11.6 Å². The highest BCUT2D eigenvalue weighted by atomic mass is 19.1. The van der Waals surface area contributed by atoms with Crippen molar-refractivity contribution in [2.75, 3.05) is 17.7 Å². The van der Waals surface area contributed by atoms with E-state index in [4.69, 9.17) is 4.74 Å². The molecule has 0 aliphatic heterocycles. The Balaban J connectivity index is 1.92. The zero-order valence-corrected chi connectivity index (χ0v) is 16.3. The van der Waals surface area contributed by atoms with Crippen LogP contribution in [0.2, 0.25) is 0 Å². The molecule has 1 amide bonds. The molecule has 150 valence electrons. The van der Waals surface area contributed by atoms with Crippen molar-refractivity contribution in [2.45, 2.75) is 20.3 Å². The molecule has 3 aromatic rings. The third-order valence-electron chi connectivity index (χ3n) is 4.46. The van der Waals surface area contributed by atoms with E-state index in [1.165, 1.54) is 31.4 Å². The van der Waals surface area contributed by atoms with Gasteiger partial charge in [0.1, 0.15) is 11.6 Å². The first-order valence-corrected chi connectivity index (χ1v) is 9.09. The predicted octanol–water partition coefficient (Wildman–Crippen LogP) is 5.24. The van der Waals surface area contributed by atoms with Crippen molar-refractivity contribution in [3.8, 4) is 5.88 Å². The van der Waals surface area contributed by atoms with Crippen LogP contribution in [0.3, 0.4) is 0 Å². The topological polar surface area (TPSA) is 63.2 Å². The highest BCUT2D eigenvalue weighted by Gasteiger charge is 2.16. The summed E-state index contributed by atoms with van der Waals surface area (Å²) in [5.74, 6) is -0.953. The zero-order chi connectivity index (χ0) is 21.0. The van der Waals surface area contributed by atoms with E-state index in [0.29, 0.717) is 35.1 Å². The summed E-state index contributed by atoms with van der Waals surface area (Å²) in [7, 11) is 1.50. The lowest BCUT2D eigenvalue weighted by molar-refractivity contribution is 0.102. The summed E-state index contributed by atoms with van der Waals surface area (Å²) < 4.78 is 32.4. The number of carbonyl (C=O) groups is 1.